The van der Waals surface area contributed by atoms with Gasteiger partial charge in [-0.15, -0.1) is 0 Å². The molecule has 1 heterocycles. The zero-order chi connectivity index (χ0) is 12.7. The van der Waals surface area contributed by atoms with Crippen molar-refractivity contribution in [3.05, 3.63) is 24.0 Å². The summed E-state index contributed by atoms with van der Waals surface area (Å²) in [5, 5.41) is 0. The number of carbonyl (C=O) groups excluding carboxylic acids is 1. The van der Waals surface area contributed by atoms with E-state index in [1.807, 2.05) is 22.8 Å². The standard InChI is InChI=1S/C13H15N3O2/c1-18-12(17)7-16-11-5-4-9(14)6-10(11)15-13(16)8-2-3-8/h4-6,8H,2-3,7,14H2,1H3. The fourth-order valence-electron chi connectivity index (χ4n) is 2.18. The van der Waals surface area contributed by atoms with Crippen molar-refractivity contribution in [2.24, 2.45) is 0 Å². The van der Waals surface area contributed by atoms with Crippen LogP contribution in [0.25, 0.3) is 11.0 Å². The Morgan fingerprint density at radius 1 is 1.56 bits per heavy atom. The maximum absolute atomic E-state index is 11.5. The summed E-state index contributed by atoms with van der Waals surface area (Å²) in [6.45, 7) is 0.211. The van der Waals surface area contributed by atoms with Gasteiger partial charge in [-0.2, -0.15) is 0 Å². The molecule has 1 aromatic carbocycles. The lowest BCUT2D eigenvalue weighted by molar-refractivity contribution is -0.141. The van der Waals surface area contributed by atoms with Crippen LogP contribution in [0.4, 0.5) is 5.69 Å². The number of anilines is 1. The van der Waals surface area contributed by atoms with E-state index >= 15 is 0 Å². The van der Waals surface area contributed by atoms with Crippen LogP contribution in [-0.2, 0) is 16.1 Å². The molecule has 0 radical (unpaired) electrons. The van der Waals surface area contributed by atoms with Crippen molar-refractivity contribution < 1.29 is 9.53 Å². The van der Waals surface area contributed by atoms with Crippen molar-refractivity contribution >= 4 is 22.7 Å². The highest BCUT2D eigenvalue weighted by molar-refractivity contribution is 5.81. The molecule has 1 aliphatic rings. The van der Waals surface area contributed by atoms with E-state index in [2.05, 4.69) is 4.98 Å². The average molecular weight is 245 g/mol. The normalized spacial score (nSPS) is 14.9. The van der Waals surface area contributed by atoms with Gasteiger partial charge < -0.3 is 15.0 Å². The summed E-state index contributed by atoms with van der Waals surface area (Å²) in [7, 11) is 1.40. The second-order valence-electron chi connectivity index (χ2n) is 4.65. The number of methoxy groups -OCH3 is 1. The zero-order valence-corrected chi connectivity index (χ0v) is 10.2. The van der Waals surface area contributed by atoms with Gasteiger partial charge in [-0.25, -0.2) is 4.98 Å². The molecule has 94 valence electrons. The minimum Gasteiger partial charge on any atom is -0.468 e. The molecule has 2 aromatic rings. The minimum absolute atomic E-state index is 0.211. The van der Waals surface area contributed by atoms with Gasteiger partial charge in [-0.05, 0) is 31.0 Å². The molecule has 0 bridgehead atoms. The summed E-state index contributed by atoms with van der Waals surface area (Å²) in [4.78, 5) is 16.1. The maximum Gasteiger partial charge on any atom is 0.325 e. The zero-order valence-electron chi connectivity index (χ0n) is 10.2. The fraction of sp³-hybridized carbons (Fsp3) is 0.385. The minimum atomic E-state index is -0.256. The number of hydrogen-bond donors (Lipinski definition) is 1. The van der Waals surface area contributed by atoms with Crippen LogP contribution in [-0.4, -0.2) is 22.6 Å². The monoisotopic (exact) mass is 245 g/mol. The van der Waals surface area contributed by atoms with Crippen molar-refractivity contribution in [1.82, 2.24) is 9.55 Å². The van der Waals surface area contributed by atoms with Crippen molar-refractivity contribution in [3.63, 3.8) is 0 Å². The third kappa shape index (κ3) is 1.81. The van der Waals surface area contributed by atoms with Crippen molar-refractivity contribution in [1.29, 1.82) is 0 Å². The topological polar surface area (TPSA) is 70.1 Å². The van der Waals surface area contributed by atoms with Crippen LogP contribution in [0.1, 0.15) is 24.6 Å². The van der Waals surface area contributed by atoms with E-state index in [0.29, 0.717) is 11.6 Å². The lowest BCUT2D eigenvalue weighted by atomic mass is 10.3. The van der Waals surface area contributed by atoms with E-state index in [-0.39, 0.29) is 12.5 Å². The number of nitrogens with two attached hydrogens (primary N) is 1. The number of benzene rings is 1. The average Bonchev–Trinajstić information content (AvgIpc) is 3.14. The first kappa shape index (κ1) is 11.1. The van der Waals surface area contributed by atoms with E-state index in [4.69, 9.17) is 10.5 Å². The van der Waals surface area contributed by atoms with Gasteiger partial charge in [-0.1, -0.05) is 0 Å². The number of nitrogen functional groups attached to an aromatic ring is 1. The molecule has 1 aliphatic carbocycles. The highest BCUT2D eigenvalue weighted by Gasteiger charge is 2.30. The molecular formula is C13H15N3O2. The molecule has 1 fully saturated rings. The lowest BCUT2D eigenvalue weighted by Gasteiger charge is -2.06. The van der Waals surface area contributed by atoms with Crippen LogP contribution in [0.2, 0.25) is 0 Å². The van der Waals surface area contributed by atoms with Crippen LogP contribution in [0.3, 0.4) is 0 Å². The number of fused-ring (bicyclic) bond motifs is 1. The first-order valence-corrected chi connectivity index (χ1v) is 6.01. The number of hydrogen-bond acceptors (Lipinski definition) is 4. The number of esters is 1. The van der Waals surface area contributed by atoms with Gasteiger partial charge in [0.25, 0.3) is 0 Å². The van der Waals surface area contributed by atoms with Crippen molar-refractivity contribution in [3.8, 4) is 0 Å². The van der Waals surface area contributed by atoms with Crippen LogP contribution in [0.5, 0.6) is 0 Å². The quantitative estimate of drug-likeness (QED) is 0.659. The van der Waals surface area contributed by atoms with Gasteiger partial charge in [0.05, 0.1) is 18.1 Å². The molecular weight excluding hydrogens is 230 g/mol. The molecule has 2 N–H and O–H groups in total. The molecule has 1 saturated carbocycles. The predicted octanol–water partition coefficient (Wildman–Crippen LogP) is 1.67. The first-order chi connectivity index (χ1) is 8.69. The van der Waals surface area contributed by atoms with Crippen molar-refractivity contribution in [2.45, 2.75) is 25.3 Å². The van der Waals surface area contributed by atoms with Gasteiger partial charge in [-0.3, -0.25) is 4.79 Å². The second-order valence-corrected chi connectivity index (χ2v) is 4.65. The number of rotatable bonds is 3. The molecule has 0 saturated heterocycles. The summed E-state index contributed by atoms with van der Waals surface area (Å²) >= 11 is 0. The summed E-state index contributed by atoms with van der Waals surface area (Å²) in [5.41, 5.74) is 8.24. The molecule has 3 rings (SSSR count). The van der Waals surface area contributed by atoms with E-state index in [1.54, 1.807) is 0 Å². The Morgan fingerprint density at radius 2 is 2.33 bits per heavy atom. The van der Waals surface area contributed by atoms with E-state index < -0.39 is 0 Å². The highest BCUT2D eigenvalue weighted by Crippen LogP contribution is 2.40. The van der Waals surface area contributed by atoms with Gasteiger partial charge in [0.1, 0.15) is 12.4 Å². The van der Waals surface area contributed by atoms with Gasteiger partial charge in [0.2, 0.25) is 0 Å². The first-order valence-electron chi connectivity index (χ1n) is 6.01. The Balaban J connectivity index is 2.12. The second kappa shape index (κ2) is 4.01. The van der Waals surface area contributed by atoms with Crippen LogP contribution in [0.15, 0.2) is 18.2 Å². The Hall–Kier alpha value is -2.04. The number of nitrogens with zero attached hydrogens (tertiary/aromatic N) is 2. The largest absolute Gasteiger partial charge is 0.468 e. The van der Waals surface area contributed by atoms with Crippen LogP contribution in [0, 0.1) is 0 Å². The number of carbonyl (C=O) groups is 1. The molecule has 0 spiro atoms. The van der Waals surface area contributed by atoms with E-state index in [1.165, 1.54) is 7.11 Å². The number of imidazole rings is 1. The Labute approximate surface area is 105 Å². The molecule has 0 unspecified atom stereocenters. The Morgan fingerprint density at radius 3 is 3.00 bits per heavy atom. The van der Waals surface area contributed by atoms with Gasteiger partial charge >= 0.3 is 5.97 Å². The predicted molar refractivity (Wildman–Crippen MR) is 68.1 cm³/mol. The highest BCUT2D eigenvalue weighted by atomic mass is 16.5. The third-order valence-electron chi connectivity index (χ3n) is 3.26. The van der Waals surface area contributed by atoms with Crippen LogP contribution >= 0.6 is 0 Å². The summed E-state index contributed by atoms with van der Waals surface area (Å²) < 4.78 is 6.68. The summed E-state index contributed by atoms with van der Waals surface area (Å²) in [6, 6.07) is 5.58. The molecule has 0 aliphatic heterocycles. The third-order valence-corrected chi connectivity index (χ3v) is 3.26. The van der Waals surface area contributed by atoms with Gasteiger partial charge in [0.15, 0.2) is 0 Å². The SMILES string of the molecule is COC(=O)Cn1c(C2CC2)nc2cc(N)ccc21. The maximum atomic E-state index is 11.5. The number of ether oxygens (including phenoxy) is 1. The molecule has 18 heavy (non-hydrogen) atoms. The molecule has 5 nitrogen and oxygen atoms in total. The smallest absolute Gasteiger partial charge is 0.325 e. The fourth-order valence-corrected chi connectivity index (χ4v) is 2.18. The molecule has 1 aromatic heterocycles. The van der Waals surface area contributed by atoms with Crippen LogP contribution < -0.4 is 5.73 Å². The Bertz CT molecular complexity index is 614. The summed E-state index contributed by atoms with van der Waals surface area (Å²) in [5.74, 6) is 1.19. The lowest BCUT2D eigenvalue weighted by Crippen LogP contribution is -2.13. The molecule has 0 amide bonds. The summed E-state index contributed by atoms with van der Waals surface area (Å²) in [6.07, 6.45) is 2.28. The molecule has 0 atom stereocenters. The number of aromatic nitrogens is 2. The molecule has 5 heteroatoms. The van der Waals surface area contributed by atoms with Gasteiger partial charge in [0, 0.05) is 11.6 Å². The Kier molecular flexibility index (Phi) is 2.47. The van der Waals surface area contributed by atoms with E-state index in [9.17, 15) is 4.79 Å². The van der Waals surface area contributed by atoms with Crippen molar-refractivity contribution in [2.75, 3.05) is 12.8 Å². The van der Waals surface area contributed by atoms with E-state index in [0.717, 1.165) is 29.7 Å².